The van der Waals surface area contributed by atoms with Crippen molar-refractivity contribution in [3.05, 3.63) is 23.0 Å². The van der Waals surface area contributed by atoms with Crippen molar-refractivity contribution in [2.45, 2.75) is 0 Å². The van der Waals surface area contributed by atoms with Gasteiger partial charge in [-0.25, -0.2) is 17.2 Å². The van der Waals surface area contributed by atoms with E-state index in [9.17, 15) is 17.2 Å². The van der Waals surface area contributed by atoms with E-state index in [1.54, 1.807) is 0 Å². The van der Waals surface area contributed by atoms with Crippen molar-refractivity contribution in [3.63, 3.8) is 0 Å². The van der Waals surface area contributed by atoms with Gasteiger partial charge in [-0.3, -0.25) is 0 Å². The third-order valence-corrected chi connectivity index (χ3v) is 2.80. The van der Waals surface area contributed by atoms with E-state index in [1.807, 2.05) is 0 Å². The quantitative estimate of drug-likeness (QED) is 0.658. The van der Waals surface area contributed by atoms with Crippen LogP contribution in [0.15, 0.2) is 23.0 Å². The van der Waals surface area contributed by atoms with E-state index in [-0.39, 0.29) is 0 Å². The molecule has 0 radical (unpaired) electrons. The number of alkyl halides is 2. The van der Waals surface area contributed by atoms with Gasteiger partial charge in [0.15, 0.2) is 0 Å². The standard InChI is InChI=1S/C6H8F2O2S/c1-5(3-7)11(9,10)6(2)4-8/h1-4H2. The lowest BCUT2D eigenvalue weighted by atomic mass is 10.7. The Bertz CT molecular complexity index is 244. The fourth-order valence-electron chi connectivity index (χ4n) is 0.348. The first kappa shape index (κ1) is 10.3. The zero-order chi connectivity index (χ0) is 9.07. The van der Waals surface area contributed by atoms with E-state index >= 15 is 0 Å². The maximum Gasteiger partial charge on any atom is 0.202 e. The first-order chi connectivity index (χ1) is 4.96. The molecule has 0 spiro atoms. The van der Waals surface area contributed by atoms with Crippen molar-refractivity contribution < 1.29 is 17.2 Å². The zero-order valence-corrected chi connectivity index (χ0v) is 6.63. The third-order valence-electron chi connectivity index (χ3n) is 1.06. The second-order valence-corrected chi connectivity index (χ2v) is 4.01. The number of halogens is 2. The van der Waals surface area contributed by atoms with E-state index in [4.69, 9.17) is 0 Å². The van der Waals surface area contributed by atoms with Crippen LogP contribution in [0.2, 0.25) is 0 Å². The minimum absolute atomic E-state index is 0.653. The Morgan fingerprint density at radius 3 is 1.55 bits per heavy atom. The second-order valence-electron chi connectivity index (χ2n) is 1.85. The van der Waals surface area contributed by atoms with Crippen LogP contribution in [0, 0.1) is 0 Å². The predicted octanol–water partition coefficient (Wildman–Crippen LogP) is 1.37. The fourth-order valence-corrected chi connectivity index (χ4v) is 1.04. The van der Waals surface area contributed by atoms with Gasteiger partial charge in [-0.15, -0.1) is 0 Å². The Kier molecular flexibility index (Phi) is 3.38. The molecule has 0 saturated heterocycles. The maximum atomic E-state index is 11.7. The molecular formula is C6H8F2O2S. The fraction of sp³-hybridized carbons (Fsp3) is 0.333. The summed E-state index contributed by atoms with van der Waals surface area (Å²) in [7, 11) is -3.98. The number of hydrogen-bond acceptors (Lipinski definition) is 2. The topological polar surface area (TPSA) is 34.1 Å². The van der Waals surface area contributed by atoms with E-state index in [2.05, 4.69) is 13.2 Å². The molecule has 5 heteroatoms. The highest BCUT2D eigenvalue weighted by atomic mass is 32.2. The summed E-state index contributed by atoms with van der Waals surface area (Å²) in [5.74, 6) is 0. The van der Waals surface area contributed by atoms with E-state index < -0.39 is 33.0 Å². The van der Waals surface area contributed by atoms with Gasteiger partial charge < -0.3 is 0 Å². The molecule has 0 aliphatic rings. The summed E-state index contributed by atoms with van der Waals surface area (Å²) in [6, 6.07) is 0. The van der Waals surface area contributed by atoms with Crippen molar-refractivity contribution in [2.24, 2.45) is 0 Å². The monoisotopic (exact) mass is 182 g/mol. The van der Waals surface area contributed by atoms with Crippen molar-refractivity contribution in [3.8, 4) is 0 Å². The molecule has 2 nitrogen and oxygen atoms in total. The molecular weight excluding hydrogens is 174 g/mol. The summed E-state index contributed by atoms with van der Waals surface area (Å²) in [6.07, 6.45) is 0. The Morgan fingerprint density at radius 2 is 1.36 bits per heavy atom. The van der Waals surface area contributed by atoms with E-state index in [1.165, 1.54) is 0 Å². The molecule has 0 aliphatic heterocycles. The van der Waals surface area contributed by atoms with E-state index in [0.29, 0.717) is 0 Å². The van der Waals surface area contributed by atoms with Crippen molar-refractivity contribution in [2.75, 3.05) is 13.3 Å². The van der Waals surface area contributed by atoms with Crippen LogP contribution in [0.4, 0.5) is 8.78 Å². The van der Waals surface area contributed by atoms with Gasteiger partial charge in [0.1, 0.15) is 13.3 Å². The van der Waals surface area contributed by atoms with Gasteiger partial charge in [0.2, 0.25) is 9.84 Å². The lowest BCUT2D eigenvalue weighted by Gasteiger charge is -2.02. The van der Waals surface area contributed by atoms with Gasteiger partial charge >= 0.3 is 0 Å². The van der Waals surface area contributed by atoms with Crippen LogP contribution < -0.4 is 0 Å². The van der Waals surface area contributed by atoms with Gasteiger partial charge in [-0.05, 0) is 0 Å². The van der Waals surface area contributed by atoms with Gasteiger partial charge in [-0.2, -0.15) is 0 Å². The Labute approximate surface area is 64.1 Å². The molecule has 0 aliphatic carbocycles. The summed E-state index contributed by atoms with van der Waals surface area (Å²) < 4.78 is 45.1. The molecule has 0 saturated carbocycles. The van der Waals surface area contributed by atoms with Crippen LogP contribution in [0.1, 0.15) is 0 Å². The second kappa shape index (κ2) is 3.61. The average molecular weight is 182 g/mol. The van der Waals surface area contributed by atoms with Crippen LogP contribution >= 0.6 is 0 Å². The summed E-state index contributed by atoms with van der Waals surface area (Å²) in [5.41, 5.74) is 0. The molecule has 0 aromatic heterocycles. The molecule has 0 atom stereocenters. The lowest BCUT2D eigenvalue weighted by Crippen LogP contribution is -2.08. The van der Waals surface area contributed by atoms with Crippen LogP contribution in [-0.2, 0) is 9.84 Å². The average Bonchev–Trinajstić information content (AvgIpc) is 2.01. The number of allylic oxidation sites excluding steroid dienone is 2. The third kappa shape index (κ3) is 2.11. The predicted molar refractivity (Wildman–Crippen MR) is 39.1 cm³/mol. The van der Waals surface area contributed by atoms with Crippen LogP contribution in [0.5, 0.6) is 0 Å². The SMILES string of the molecule is C=C(CF)S(=O)(=O)C(=C)CF. The first-order valence-electron chi connectivity index (χ1n) is 2.69. The van der Waals surface area contributed by atoms with Crippen LogP contribution in [0.25, 0.3) is 0 Å². The zero-order valence-electron chi connectivity index (χ0n) is 5.81. The molecule has 64 valence electrons. The highest BCUT2D eigenvalue weighted by molar-refractivity contribution is 7.98. The molecule has 0 bridgehead atoms. The normalized spacial score (nSPS) is 11.1. The molecule has 0 fully saturated rings. The van der Waals surface area contributed by atoms with E-state index in [0.717, 1.165) is 0 Å². The van der Waals surface area contributed by atoms with Gasteiger partial charge in [0.25, 0.3) is 0 Å². The molecule has 0 unspecified atom stereocenters. The smallest absolute Gasteiger partial charge is 0.202 e. The van der Waals surface area contributed by atoms with Crippen molar-refractivity contribution >= 4 is 9.84 Å². The molecule has 0 rings (SSSR count). The number of hydrogen-bond donors (Lipinski definition) is 0. The first-order valence-corrected chi connectivity index (χ1v) is 4.17. The molecule has 0 aromatic rings. The Morgan fingerprint density at radius 1 is 1.09 bits per heavy atom. The van der Waals surface area contributed by atoms with Gasteiger partial charge in [-0.1, -0.05) is 13.2 Å². The van der Waals surface area contributed by atoms with Crippen LogP contribution in [0.3, 0.4) is 0 Å². The highest BCUT2D eigenvalue weighted by Gasteiger charge is 2.19. The molecule has 0 N–H and O–H groups in total. The molecule has 0 amide bonds. The number of rotatable bonds is 4. The molecule has 0 heterocycles. The lowest BCUT2D eigenvalue weighted by molar-refractivity contribution is 0.535. The van der Waals surface area contributed by atoms with Gasteiger partial charge in [0, 0.05) is 0 Å². The summed E-state index contributed by atoms with van der Waals surface area (Å²) in [4.78, 5) is -1.31. The Balaban J connectivity index is 4.76. The maximum absolute atomic E-state index is 11.7. The summed E-state index contributed by atoms with van der Waals surface area (Å²) in [6.45, 7) is 3.43. The van der Waals surface area contributed by atoms with Gasteiger partial charge in [0.05, 0.1) is 9.81 Å². The molecule has 11 heavy (non-hydrogen) atoms. The minimum Gasteiger partial charge on any atom is -0.245 e. The summed E-state index contributed by atoms with van der Waals surface area (Å²) in [5, 5.41) is 0. The van der Waals surface area contributed by atoms with Crippen molar-refractivity contribution in [1.29, 1.82) is 0 Å². The van der Waals surface area contributed by atoms with Crippen LogP contribution in [-0.4, -0.2) is 21.8 Å². The largest absolute Gasteiger partial charge is 0.245 e. The van der Waals surface area contributed by atoms with Crippen molar-refractivity contribution in [1.82, 2.24) is 0 Å². The Hall–Kier alpha value is -0.710. The molecule has 0 aromatic carbocycles. The minimum atomic E-state index is -3.98. The number of sulfone groups is 1. The highest BCUT2D eigenvalue weighted by Crippen LogP contribution is 2.14. The summed E-state index contributed by atoms with van der Waals surface area (Å²) >= 11 is 0.